The predicted octanol–water partition coefficient (Wildman–Crippen LogP) is 3.62. The molecule has 2 aromatic carbocycles. The summed E-state index contributed by atoms with van der Waals surface area (Å²) in [5.74, 6) is 0.439. The lowest BCUT2D eigenvalue weighted by Gasteiger charge is -2.12. The molecule has 3 rings (SSSR count). The molecule has 0 unspecified atom stereocenters. The molecule has 0 atom stereocenters. The maximum atomic E-state index is 13.0. The number of sulfone groups is 1. The van der Waals surface area contributed by atoms with E-state index in [1.165, 1.54) is 37.4 Å². The van der Waals surface area contributed by atoms with E-state index in [-0.39, 0.29) is 21.5 Å². The highest BCUT2D eigenvalue weighted by atomic mass is 35.5. The van der Waals surface area contributed by atoms with E-state index in [1.807, 2.05) is 0 Å². The number of methoxy groups -OCH3 is 1. The second-order valence-electron chi connectivity index (χ2n) is 6.22. The normalized spacial score (nSPS) is 11.5. The Bertz CT molecular complexity index is 1220. The first-order valence-corrected chi connectivity index (χ1v) is 10.9. The van der Waals surface area contributed by atoms with E-state index < -0.39 is 9.84 Å². The molecule has 0 aliphatic rings. The van der Waals surface area contributed by atoms with Crippen LogP contribution in [0.4, 0.5) is 5.69 Å². The molecule has 0 amide bonds. The maximum absolute atomic E-state index is 13.0. The van der Waals surface area contributed by atoms with Gasteiger partial charge in [0.2, 0.25) is 22.0 Å². The van der Waals surface area contributed by atoms with Crippen LogP contribution in [-0.4, -0.2) is 26.5 Å². The topological polar surface area (TPSA) is 116 Å². The number of aliphatic imine (C=N–C) groups is 1. The zero-order valence-corrected chi connectivity index (χ0v) is 18.0. The Labute approximate surface area is 185 Å². The fourth-order valence-corrected chi connectivity index (χ4v) is 4.26. The van der Waals surface area contributed by atoms with Crippen LogP contribution in [-0.2, 0) is 16.4 Å². The van der Waals surface area contributed by atoms with Gasteiger partial charge in [0.25, 0.3) is 0 Å². The number of hydrogen-bond donors (Lipinski definition) is 2. The molecule has 158 valence electrons. The summed E-state index contributed by atoms with van der Waals surface area (Å²) in [5.41, 5.74) is 1.51. The Kier molecular flexibility index (Phi) is 7.07. The van der Waals surface area contributed by atoms with E-state index in [4.69, 9.17) is 21.6 Å². The highest BCUT2D eigenvalue weighted by Crippen LogP contribution is 2.31. The highest BCUT2D eigenvalue weighted by molar-refractivity contribution is 7.91. The number of benzene rings is 2. The van der Waals surface area contributed by atoms with Crippen molar-refractivity contribution < 1.29 is 13.2 Å². The molecule has 0 bridgehead atoms. The van der Waals surface area contributed by atoms with Gasteiger partial charge in [-0.1, -0.05) is 23.7 Å². The van der Waals surface area contributed by atoms with Crippen LogP contribution in [0.2, 0.25) is 5.02 Å². The van der Waals surface area contributed by atoms with Crippen molar-refractivity contribution >= 4 is 33.1 Å². The SMILES string of the molecule is COc1cc(Cl)ccc1S(=O)(=O)c1ccc(CNC(=NC#N)Nc2ccncc2)cc1. The summed E-state index contributed by atoms with van der Waals surface area (Å²) in [6, 6.07) is 14.2. The first-order valence-electron chi connectivity index (χ1n) is 8.99. The van der Waals surface area contributed by atoms with E-state index in [0.29, 0.717) is 11.6 Å². The smallest absolute Gasteiger partial charge is 0.212 e. The molecule has 0 radical (unpaired) electrons. The number of anilines is 1. The summed E-state index contributed by atoms with van der Waals surface area (Å²) < 4.78 is 31.1. The second-order valence-corrected chi connectivity index (χ2v) is 8.57. The molecule has 0 saturated carbocycles. The standard InChI is InChI=1S/C21H18ClN5O3S/c1-30-19-12-16(22)4-7-20(19)31(28,29)18-5-2-15(3-6-18)13-25-21(26-14-23)27-17-8-10-24-11-9-17/h2-12H,13H2,1H3,(H2,24,25,26,27). The van der Waals surface area contributed by atoms with Crippen LogP contribution in [0.15, 0.2) is 81.8 Å². The number of rotatable bonds is 6. The van der Waals surface area contributed by atoms with Crippen molar-refractivity contribution in [3.8, 4) is 11.9 Å². The molecular weight excluding hydrogens is 438 g/mol. The average molecular weight is 456 g/mol. The van der Waals surface area contributed by atoms with Gasteiger partial charge in [0.1, 0.15) is 10.6 Å². The van der Waals surface area contributed by atoms with Crippen molar-refractivity contribution in [2.24, 2.45) is 4.99 Å². The van der Waals surface area contributed by atoms with Crippen molar-refractivity contribution in [3.05, 3.63) is 77.6 Å². The third-order valence-corrected chi connectivity index (χ3v) is 6.26. The van der Waals surface area contributed by atoms with Crippen molar-refractivity contribution in [2.45, 2.75) is 16.3 Å². The molecule has 0 spiro atoms. The number of nitriles is 1. The van der Waals surface area contributed by atoms with Crippen LogP contribution in [0.5, 0.6) is 5.75 Å². The van der Waals surface area contributed by atoms with Gasteiger partial charge in [0, 0.05) is 35.7 Å². The van der Waals surface area contributed by atoms with E-state index >= 15 is 0 Å². The molecule has 10 heteroatoms. The molecule has 0 aliphatic carbocycles. The molecular formula is C21H18ClN5O3S. The summed E-state index contributed by atoms with van der Waals surface area (Å²) in [7, 11) is -2.40. The minimum absolute atomic E-state index is 0.0373. The molecule has 1 heterocycles. The average Bonchev–Trinajstić information content (AvgIpc) is 2.78. The first-order chi connectivity index (χ1) is 14.9. The van der Waals surface area contributed by atoms with Gasteiger partial charge in [0.15, 0.2) is 0 Å². The third-order valence-electron chi connectivity index (χ3n) is 4.21. The molecule has 0 saturated heterocycles. The number of ether oxygens (including phenoxy) is 1. The summed E-state index contributed by atoms with van der Waals surface area (Å²) in [4.78, 5) is 7.80. The molecule has 8 nitrogen and oxygen atoms in total. The lowest BCUT2D eigenvalue weighted by atomic mass is 10.2. The van der Waals surface area contributed by atoms with Gasteiger partial charge in [-0.25, -0.2) is 8.42 Å². The number of hydrogen-bond acceptors (Lipinski definition) is 6. The Hall–Kier alpha value is -3.61. The van der Waals surface area contributed by atoms with Crippen LogP contribution in [0.25, 0.3) is 0 Å². The molecule has 2 N–H and O–H groups in total. The fraction of sp³-hybridized carbons (Fsp3) is 0.0952. The molecule has 0 fully saturated rings. The van der Waals surface area contributed by atoms with Crippen LogP contribution in [0, 0.1) is 11.5 Å². The lowest BCUT2D eigenvalue weighted by Crippen LogP contribution is -2.30. The van der Waals surface area contributed by atoms with Crippen LogP contribution < -0.4 is 15.4 Å². The van der Waals surface area contributed by atoms with Gasteiger partial charge in [-0.05, 0) is 42.0 Å². The molecule has 3 aromatic rings. The third kappa shape index (κ3) is 5.51. The quantitative estimate of drug-likeness (QED) is 0.331. The van der Waals surface area contributed by atoms with Gasteiger partial charge in [-0.2, -0.15) is 5.26 Å². The Balaban J connectivity index is 1.74. The fourth-order valence-electron chi connectivity index (χ4n) is 2.70. The molecule has 0 aliphatic heterocycles. The van der Waals surface area contributed by atoms with Crippen LogP contribution in [0.1, 0.15) is 5.56 Å². The van der Waals surface area contributed by atoms with Crippen molar-refractivity contribution in [2.75, 3.05) is 12.4 Å². The summed E-state index contributed by atoms with van der Waals surface area (Å²) in [5, 5.41) is 15.3. The number of pyridine rings is 1. The second kappa shape index (κ2) is 9.93. The number of nitrogens with one attached hydrogen (secondary N) is 2. The summed E-state index contributed by atoms with van der Waals surface area (Å²) >= 11 is 5.93. The number of guanidine groups is 1. The molecule has 31 heavy (non-hydrogen) atoms. The van der Waals surface area contributed by atoms with E-state index in [1.54, 1.807) is 42.9 Å². The predicted molar refractivity (Wildman–Crippen MR) is 118 cm³/mol. The van der Waals surface area contributed by atoms with Gasteiger partial charge in [-0.15, -0.1) is 4.99 Å². The van der Waals surface area contributed by atoms with Gasteiger partial charge >= 0.3 is 0 Å². The van der Waals surface area contributed by atoms with E-state index in [9.17, 15) is 8.42 Å². The highest BCUT2D eigenvalue weighted by Gasteiger charge is 2.22. The van der Waals surface area contributed by atoms with Crippen molar-refractivity contribution in [3.63, 3.8) is 0 Å². The largest absolute Gasteiger partial charge is 0.495 e. The maximum Gasteiger partial charge on any atom is 0.212 e. The number of aromatic nitrogens is 1. The van der Waals surface area contributed by atoms with Gasteiger partial charge in [-0.3, -0.25) is 4.98 Å². The minimum Gasteiger partial charge on any atom is -0.495 e. The van der Waals surface area contributed by atoms with Crippen molar-refractivity contribution in [1.29, 1.82) is 5.26 Å². The Morgan fingerprint density at radius 3 is 2.52 bits per heavy atom. The van der Waals surface area contributed by atoms with E-state index in [2.05, 4.69) is 20.6 Å². The van der Waals surface area contributed by atoms with Crippen LogP contribution >= 0.6 is 11.6 Å². The molecule has 1 aromatic heterocycles. The number of nitrogens with zero attached hydrogens (tertiary/aromatic N) is 3. The number of halogens is 1. The zero-order chi connectivity index (χ0) is 22.3. The van der Waals surface area contributed by atoms with Gasteiger partial charge < -0.3 is 15.4 Å². The summed E-state index contributed by atoms with van der Waals surface area (Å²) in [6.07, 6.45) is 4.96. The van der Waals surface area contributed by atoms with Crippen molar-refractivity contribution in [1.82, 2.24) is 10.3 Å². The monoisotopic (exact) mass is 455 g/mol. The minimum atomic E-state index is -3.78. The first kappa shape index (κ1) is 22.1. The van der Waals surface area contributed by atoms with Gasteiger partial charge in [0.05, 0.1) is 12.0 Å². The zero-order valence-electron chi connectivity index (χ0n) is 16.4. The Morgan fingerprint density at radius 1 is 1.16 bits per heavy atom. The summed E-state index contributed by atoms with van der Waals surface area (Å²) in [6.45, 7) is 0.323. The Morgan fingerprint density at radius 2 is 1.87 bits per heavy atom. The van der Waals surface area contributed by atoms with Crippen LogP contribution in [0.3, 0.4) is 0 Å². The lowest BCUT2D eigenvalue weighted by molar-refractivity contribution is 0.403. The van der Waals surface area contributed by atoms with E-state index in [0.717, 1.165) is 11.3 Å².